The zero-order valence-corrected chi connectivity index (χ0v) is 13.8. The molecule has 25 heavy (non-hydrogen) atoms. The fraction of sp³-hybridized carbons (Fsp3) is 0.222. The van der Waals surface area contributed by atoms with Crippen molar-refractivity contribution >= 4 is 11.8 Å². The Morgan fingerprint density at radius 1 is 1.12 bits per heavy atom. The molecule has 132 valence electrons. The summed E-state index contributed by atoms with van der Waals surface area (Å²) < 4.78 is 31.7. The van der Waals surface area contributed by atoms with Gasteiger partial charge in [0, 0.05) is 12.6 Å². The molecule has 0 radical (unpaired) electrons. The third-order valence-corrected chi connectivity index (χ3v) is 3.63. The van der Waals surface area contributed by atoms with E-state index in [1.807, 2.05) is 0 Å². The molecule has 5 nitrogen and oxygen atoms in total. The van der Waals surface area contributed by atoms with Gasteiger partial charge in [-0.25, -0.2) is 8.78 Å². The van der Waals surface area contributed by atoms with Gasteiger partial charge in [-0.15, -0.1) is 0 Å². The quantitative estimate of drug-likeness (QED) is 0.840. The lowest BCUT2D eigenvalue weighted by Crippen LogP contribution is -2.39. The minimum atomic E-state index is -1.14. The maximum absolute atomic E-state index is 13.5. The van der Waals surface area contributed by atoms with Gasteiger partial charge in [0.2, 0.25) is 11.8 Å². The normalized spacial score (nSPS) is 11.5. The maximum Gasteiger partial charge on any atom is 0.246 e. The molecule has 0 aliphatic carbocycles. The van der Waals surface area contributed by atoms with Crippen LogP contribution in [0.1, 0.15) is 17.2 Å². The second-order valence-corrected chi connectivity index (χ2v) is 5.28. The van der Waals surface area contributed by atoms with Crippen LogP contribution in [0, 0.1) is 11.6 Å². The van der Waals surface area contributed by atoms with Crippen LogP contribution in [0.5, 0.6) is 5.75 Å². The number of nitrogens with one attached hydrogen (secondary N) is 2. The summed E-state index contributed by atoms with van der Waals surface area (Å²) in [5, 5.41) is 4.93. The summed E-state index contributed by atoms with van der Waals surface area (Å²) >= 11 is 0. The lowest BCUT2D eigenvalue weighted by Gasteiger charge is -2.18. The van der Waals surface area contributed by atoms with Gasteiger partial charge in [0.15, 0.2) is 11.6 Å². The van der Waals surface area contributed by atoms with Crippen molar-refractivity contribution in [2.24, 2.45) is 0 Å². The average Bonchev–Trinajstić information content (AvgIpc) is 2.62. The monoisotopic (exact) mass is 348 g/mol. The maximum atomic E-state index is 13.5. The number of amides is 2. The summed E-state index contributed by atoms with van der Waals surface area (Å²) in [6.45, 7) is 0. The number of carbonyl (C=O) groups excluding carboxylic acids is 2. The van der Waals surface area contributed by atoms with E-state index in [9.17, 15) is 18.4 Å². The first-order chi connectivity index (χ1) is 12.0. The summed E-state index contributed by atoms with van der Waals surface area (Å²) in [5.74, 6) is -2.57. The van der Waals surface area contributed by atoms with Gasteiger partial charge in [0.25, 0.3) is 0 Å². The van der Waals surface area contributed by atoms with E-state index in [1.54, 1.807) is 24.3 Å². The molecule has 1 atom stereocenters. The summed E-state index contributed by atoms with van der Waals surface area (Å²) in [6, 6.07) is 8.89. The Morgan fingerprint density at radius 2 is 1.84 bits per heavy atom. The van der Waals surface area contributed by atoms with Crippen molar-refractivity contribution in [3.05, 3.63) is 65.2 Å². The lowest BCUT2D eigenvalue weighted by molar-refractivity contribution is -0.128. The van der Waals surface area contributed by atoms with E-state index in [-0.39, 0.29) is 12.0 Å². The van der Waals surface area contributed by atoms with Crippen molar-refractivity contribution < 1.29 is 23.1 Å². The topological polar surface area (TPSA) is 67.4 Å². The lowest BCUT2D eigenvalue weighted by atomic mass is 10.0. The molecule has 0 saturated heterocycles. The van der Waals surface area contributed by atoms with Crippen LogP contribution in [0.2, 0.25) is 0 Å². The minimum Gasteiger partial charge on any atom is -0.496 e. The van der Waals surface area contributed by atoms with Crippen molar-refractivity contribution in [1.29, 1.82) is 0 Å². The van der Waals surface area contributed by atoms with Crippen LogP contribution in [0.4, 0.5) is 8.78 Å². The van der Waals surface area contributed by atoms with E-state index in [0.717, 1.165) is 12.1 Å². The van der Waals surface area contributed by atoms with Gasteiger partial charge in [-0.05, 0) is 23.8 Å². The number of rotatable bonds is 6. The van der Waals surface area contributed by atoms with Crippen LogP contribution in [0.25, 0.3) is 0 Å². The third kappa shape index (κ3) is 4.53. The number of carbonyl (C=O) groups is 2. The molecule has 2 aromatic carbocycles. The molecule has 1 unspecified atom stereocenters. The Bertz CT molecular complexity index is 781. The molecule has 0 bridgehead atoms. The molecule has 2 N–H and O–H groups in total. The standard InChI is InChI=1S/C18H18F2N2O3/c1-21-18(24)17(12-7-8-13(19)14(20)9-12)22-16(23)10-11-5-3-4-6-15(11)25-2/h3-9,17H,10H2,1-2H3,(H,21,24)(H,22,23). The number of likely N-dealkylation sites (N-methyl/N-ethyl adjacent to an activating group) is 1. The third-order valence-electron chi connectivity index (χ3n) is 3.63. The number of hydrogen-bond donors (Lipinski definition) is 2. The van der Waals surface area contributed by atoms with Gasteiger partial charge < -0.3 is 15.4 Å². The van der Waals surface area contributed by atoms with Crippen LogP contribution in [-0.2, 0) is 16.0 Å². The highest BCUT2D eigenvalue weighted by Gasteiger charge is 2.23. The predicted octanol–water partition coefficient (Wildman–Crippen LogP) is 2.12. The van der Waals surface area contributed by atoms with Crippen LogP contribution in [-0.4, -0.2) is 26.0 Å². The molecule has 0 spiro atoms. The molecular formula is C18H18F2N2O3. The van der Waals surface area contributed by atoms with Gasteiger partial charge in [0.1, 0.15) is 11.8 Å². The Hall–Kier alpha value is -2.96. The molecule has 0 saturated carbocycles. The van der Waals surface area contributed by atoms with Crippen LogP contribution in [0.15, 0.2) is 42.5 Å². The first-order valence-corrected chi connectivity index (χ1v) is 7.54. The van der Waals surface area contributed by atoms with Gasteiger partial charge >= 0.3 is 0 Å². The molecule has 0 aromatic heterocycles. The smallest absolute Gasteiger partial charge is 0.246 e. The Labute approximate surface area is 144 Å². The fourth-order valence-corrected chi connectivity index (χ4v) is 2.37. The van der Waals surface area contributed by atoms with Gasteiger partial charge in [-0.1, -0.05) is 24.3 Å². The van der Waals surface area contributed by atoms with E-state index in [0.29, 0.717) is 11.3 Å². The summed E-state index contributed by atoms with van der Waals surface area (Å²) in [6.07, 6.45) is -0.0266. The molecule has 0 aliphatic rings. The average molecular weight is 348 g/mol. The number of methoxy groups -OCH3 is 1. The fourth-order valence-electron chi connectivity index (χ4n) is 2.37. The van der Waals surface area contributed by atoms with E-state index in [1.165, 1.54) is 20.2 Å². The van der Waals surface area contributed by atoms with Crippen LogP contribution in [0.3, 0.4) is 0 Å². The second kappa shape index (κ2) is 8.23. The molecule has 0 aliphatic heterocycles. The van der Waals surface area contributed by atoms with Crippen molar-refractivity contribution in [3.8, 4) is 5.75 Å². The Balaban J connectivity index is 2.20. The molecule has 2 rings (SSSR count). The first kappa shape index (κ1) is 18.4. The van der Waals surface area contributed by atoms with Crippen molar-refractivity contribution in [1.82, 2.24) is 10.6 Å². The SMILES string of the molecule is CNC(=O)C(NC(=O)Cc1ccccc1OC)c1ccc(F)c(F)c1. The second-order valence-electron chi connectivity index (χ2n) is 5.28. The van der Waals surface area contributed by atoms with E-state index in [4.69, 9.17) is 4.74 Å². The van der Waals surface area contributed by atoms with Gasteiger partial charge in [0.05, 0.1) is 13.5 Å². The van der Waals surface area contributed by atoms with E-state index < -0.39 is 29.5 Å². The highest BCUT2D eigenvalue weighted by molar-refractivity contribution is 5.89. The van der Waals surface area contributed by atoms with Gasteiger partial charge in [-0.2, -0.15) is 0 Å². The summed E-state index contributed by atoms with van der Waals surface area (Å²) in [7, 11) is 2.88. The predicted molar refractivity (Wildman–Crippen MR) is 88.0 cm³/mol. The molecule has 0 fully saturated rings. The summed E-state index contributed by atoms with van der Waals surface area (Å²) in [4.78, 5) is 24.4. The molecule has 2 aromatic rings. The molecule has 7 heteroatoms. The number of hydrogen-bond acceptors (Lipinski definition) is 3. The van der Waals surface area contributed by atoms with E-state index in [2.05, 4.69) is 10.6 Å². The van der Waals surface area contributed by atoms with Crippen molar-refractivity contribution in [2.45, 2.75) is 12.5 Å². The van der Waals surface area contributed by atoms with Crippen LogP contribution >= 0.6 is 0 Å². The zero-order valence-electron chi connectivity index (χ0n) is 13.8. The highest BCUT2D eigenvalue weighted by Crippen LogP contribution is 2.20. The molecule has 0 heterocycles. The minimum absolute atomic E-state index is 0.0266. The molecular weight excluding hydrogens is 330 g/mol. The first-order valence-electron chi connectivity index (χ1n) is 7.54. The van der Waals surface area contributed by atoms with Crippen LogP contribution < -0.4 is 15.4 Å². The number of halogens is 2. The summed E-state index contributed by atoms with van der Waals surface area (Å²) in [5.41, 5.74) is 0.787. The zero-order chi connectivity index (χ0) is 18.4. The largest absolute Gasteiger partial charge is 0.496 e. The van der Waals surface area contributed by atoms with Crippen molar-refractivity contribution in [2.75, 3.05) is 14.2 Å². The van der Waals surface area contributed by atoms with Gasteiger partial charge in [-0.3, -0.25) is 9.59 Å². The molecule has 2 amide bonds. The van der Waals surface area contributed by atoms with E-state index >= 15 is 0 Å². The Kier molecular flexibility index (Phi) is 6.05. The number of ether oxygens (including phenoxy) is 1. The highest BCUT2D eigenvalue weighted by atomic mass is 19.2. The number of benzene rings is 2. The number of para-hydroxylation sites is 1. The van der Waals surface area contributed by atoms with Crippen molar-refractivity contribution in [3.63, 3.8) is 0 Å². The Morgan fingerprint density at radius 3 is 2.48 bits per heavy atom.